The summed E-state index contributed by atoms with van der Waals surface area (Å²) in [5.41, 5.74) is 3.56. The van der Waals surface area contributed by atoms with Crippen LogP contribution in [-0.2, 0) is 17.8 Å². The molecule has 0 unspecified atom stereocenters. The Hall–Kier alpha value is -2.12. The molecule has 0 bridgehead atoms. The Morgan fingerprint density at radius 3 is 2.56 bits per heavy atom. The number of anilines is 1. The van der Waals surface area contributed by atoms with E-state index in [1.165, 1.54) is 16.1 Å². The molecule has 1 fully saturated rings. The van der Waals surface area contributed by atoms with Gasteiger partial charge in [0.2, 0.25) is 0 Å². The molecule has 3 rings (SSSR count). The zero-order valence-electron chi connectivity index (χ0n) is 16.4. The van der Waals surface area contributed by atoms with Gasteiger partial charge in [-0.05, 0) is 38.5 Å². The molecule has 0 atom stereocenters. The maximum Gasteiger partial charge on any atom is 0.191 e. The van der Waals surface area contributed by atoms with Crippen molar-refractivity contribution in [1.29, 1.82) is 0 Å². The van der Waals surface area contributed by atoms with Crippen LogP contribution in [-0.4, -0.2) is 43.8 Å². The Kier molecular flexibility index (Phi) is 7.06. The van der Waals surface area contributed by atoms with Gasteiger partial charge in [0.1, 0.15) is 5.01 Å². The third kappa shape index (κ3) is 5.68. The average molecular weight is 388 g/mol. The fourth-order valence-corrected chi connectivity index (χ4v) is 3.79. The molecule has 1 aliphatic heterocycles. The maximum absolute atomic E-state index is 5.42. The summed E-state index contributed by atoms with van der Waals surface area (Å²) in [6, 6.07) is 8.67. The molecule has 2 aromatic rings. The number of rotatable bonds is 6. The first-order valence-corrected chi connectivity index (χ1v) is 10.3. The highest BCUT2D eigenvalue weighted by atomic mass is 32.1. The molecule has 1 aromatic carbocycles. The predicted molar refractivity (Wildman–Crippen MR) is 113 cm³/mol. The first-order valence-electron chi connectivity index (χ1n) is 9.52. The van der Waals surface area contributed by atoms with Gasteiger partial charge in [-0.2, -0.15) is 0 Å². The van der Waals surface area contributed by atoms with Crippen LogP contribution in [0.4, 0.5) is 5.69 Å². The number of aromatic nitrogens is 1. The van der Waals surface area contributed by atoms with Crippen LogP contribution in [0.25, 0.3) is 0 Å². The third-order valence-corrected chi connectivity index (χ3v) is 5.63. The second kappa shape index (κ2) is 9.71. The summed E-state index contributed by atoms with van der Waals surface area (Å²) in [6.07, 6.45) is 0. The molecule has 1 aromatic heterocycles. The zero-order valence-corrected chi connectivity index (χ0v) is 17.2. The van der Waals surface area contributed by atoms with Gasteiger partial charge in [-0.1, -0.05) is 12.1 Å². The molecule has 1 aliphatic rings. The first-order chi connectivity index (χ1) is 13.2. The van der Waals surface area contributed by atoms with Gasteiger partial charge in [0.15, 0.2) is 5.96 Å². The predicted octanol–water partition coefficient (Wildman–Crippen LogP) is 2.85. The van der Waals surface area contributed by atoms with E-state index in [1.54, 1.807) is 11.3 Å². The Morgan fingerprint density at radius 2 is 1.93 bits per heavy atom. The van der Waals surface area contributed by atoms with Gasteiger partial charge in [-0.25, -0.2) is 9.98 Å². The van der Waals surface area contributed by atoms with Crippen LogP contribution in [0.3, 0.4) is 0 Å². The summed E-state index contributed by atoms with van der Waals surface area (Å²) in [4.78, 5) is 12.9. The number of guanidine groups is 1. The van der Waals surface area contributed by atoms with Crippen molar-refractivity contribution in [3.8, 4) is 0 Å². The molecule has 6 nitrogen and oxygen atoms in total. The monoisotopic (exact) mass is 387 g/mol. The van der Waals surface area contributed by atoms with Crippen molar-refractivity contribution in [2.45, 2.75) is 33.9 Å². The van der Waals surface area contributed by atoms with Gasteiger partial charge in [-0.3, -0.25) is 0 Å². The van der Waals surface area contributed by atoms with Gasteiger partial charge in [0, 0.05) is 30.2 Å². The lowest BCUT2D eigenvalue weighted by atomic mass is 10.2. The Morgan fingerprint density at radius 1 is 1.19 bits per heavy atom. The molecule has 0 amide bonds. The Balaban J connectivity index is 1.57. The third-order valence-electron chi connectivity index (χ3n) is 4.56. The van der Waals surface area contributed by atoms with Crippen molar-refractivity contribution in [1.82, 2.24) is 15.6 Å². The Bertz CT molecular complexity index is 731. The van der Waals surface area contributed by atoms with E-state index in [1.807, 2.05) is 0 Å². The second-order valence-corrected chi connectivity index (χ2v) is 7.85. The number of nitrogens with one attached hydrogen (secondary N) is 2. The molecule has 27 heavy (non-hydrogen) atoms. The number of aliphatic imine (C=N–C) groups is 1. The summed E-state index contributed by atoms with van der Waals surface area (Å²) in [6.45, 7) is 11.9. The molecule has 7 heteroatoms. The van der Waals surface area contributed by atoms with E-state index in [0.29, 0.717) is 13.1 Å². The normalized spacial score (nSPS) is 15.1. The molecule has 0 aliphatic carbocycles. The van der Waals surface area contributed by atoms with E-state index < -0.39 is 0 Å². The fourth-order valence-electron chi connectivity index (χ4n) is 2.92. The number of hydrogen-bond acceptors (Lipinski definition) is 5. The van der Waals surface area contributed by atoms with Crippen LogP contribution in [0.1, 0.15) is 28.1 Å². The van der Waals surface area contributed by atoms with Crippen LogP contribution in [0, 0.1) is 13.8 Å². The van der Waals surface area contributed by atoms with E-state index in [-0.39, 0.29) is 0 Å². The summed E-state index contributed by atoms with van der Waals surface area (Å²) in [7, 11) is 0. The minimum Gasteiger partial charge on any atom is -0.378 e. The van der Waals surface area contributed by atoms with Gasteiger partial charge in [0.05, 0.1) is 32.0 Å². The number of ether oxygens (including phenoxy) is 1. The van der Waals surface area contributed by atoms with Gasteiger partial charge >= 0.3 is 0 Å². The molecule has 2 N–H and O–H groups in total. The van der Waals surface area contributed by atoms with Crippen molar-refractivity contribution < 1.29 is 4.74 Å². The topological polar surface area (TPSA) is 61.8 Å². The quantitative estimate of drug-likeness (QED) is 0.590. The van der Waals surface area contributed by atoms with Crippen LogP contribution in [0.15, 0.2) is 29.3 Å². The lowest BCUT2D eigenvalue weighted by Crippen LogP contribution is -2.36. The molecular formula is C20H29N5OS. The number of nitrogens with zero attached hydrogens (tertiary/aromatic N) is 3. The molecule has 146 valence electrons. The van der Waals surface area contributed by atoms with Crippen molar-refractivity contribution >= 4 is 23.0 Å². The molecule has 0 spiro atoms. The summed E-state index contributed by atoms with van der Waals surface area (Å²) >= 11 is 1.73. The summed E-state index contributed by atoms with van der Waals surface area (Å²) < 4.78 is 5.42. The number of benzene rings is 1. The van der Waals surface area contributed by atoms with Crippen molar-refractivity contribution in [3.05, 3.63) is 45.4 Å². The molecule has 1 saturated heterocycles. The van der Waals surface area contributed by atoms with Crippen LogP contribution >= 0.6 is 11.3 Å². The zero-order chi connectivity index (χ0) is 19.1. The number of hydrogen-bond donors (Lipinski definition) is 2. The first kappa shape index (κ1) is 19.6. The Labute approximate surface area is 165 Å². The summed E-state index contributed by atoms with van der Waals surface area (Å²) in [5, 5.41) is 7.77. The standard InChI is InChI=1S/C20H29N5OS/c1-4-21-20(23-14-19-24-15(2)16(3)27-19)22-13-17-5-7-18(8-6-17)25-9-11-26-12-10-25/h5-8H,4,9-14H2,1-3H3,(H2,21,22,23). The van der Waals surface area contributed by atoms with Gasteiger partial charge in [-0.15, -0.1) is 11.3 Å². The number of thiazole rings is 1. The fraction of sp³-hybridized carbons (Fsp3) is 0.500. The lowest BCUT2D eigenvalue weighted by molar-refractivity contribution is 0.122. The van der Waals surface area contributed by atoms with Crippen LogP contribution in [0.5, 0.6) is 0 Å². The molecule has 2 heterocycles. The van der Waals surface area contributed by atoms with Crippen molar-refractivity contribution in [3.63, 3.8) is 0 Å². The minimum absolute atomic E-state index is 0.647. The smallest absolute Gasteiger partial charge is 0.191 e. The van der Waals surface area contributed by atoms with Gasteiger partial charge < -0.3 is 20.3 Å². The van der Waals surface area contributed by atoms with E-state index >= 15 is 0 Å². The lowest BCUT2D eigenvalue weighted by Gasteiger charge is -2.28. The largest absolute Gasteiger partial charge is 0.378 e. The second-order valence-electron chi connectivity index (χ2n) is 6.56. The number of aryl methyl sites for hydroxylation is 2. The highest BCUT2D eigenvalue weighted by molar-refractivity contribution is 7.11. The highest BCUT2D eigenvalue weighted by Gasteiger charge is 2.10. The average Bonchev–Trinajstić information content (AvgIpc) is 3.03. The number of morpholine rings is 1. The van der Waals surface area contributed by atoms with Crippen LogP contribution in [0.2, 0.25) is 0 Å². The van der Waals surface area contributed by atoms with E-state index in [0.717, 1.165) is 49.5 Å². The maximum atomic E-state index is 5.42. The molecule has 0 saturated carbocycles. The van der Waals surface area contributed by atoms with E-state index in [9.17, 15) is 0 Å². The van der Waals surface area contributed by atoms with Gasteiger partial charge in [0.25, 0.3) is 0 Å². The summed E-state index contributed by atoms with van der Waals surface area (Å²) in [5.74, 6) is 0.820. The SMILES string of the molecule is CCNC(=NCc1ccc(N2CCOCC2)cc1)NCc1nc(C)c(C)s1. The molecule has 0 radical (unpaired) electrons. The highest BCUT2D eigenvalue weighted by Crippen LogP contribution is 2.17. The van der Waals surface area contributed by atoms with E-state index in [4.69, 9.17) is 9.73 Å². The molecular weight excluding hydrogens is 358 g/mol. The minimum atomic E-state index is 0.647. The van der Waals surface area contributed by atoms with Crippen molar-refractivity contribution in [2.75, 3.05) is 37.7 Å². The van der Waals surface area contributed by atoms with Crippen molar-refractivity contribution in [2.24, 2.45) is 4.99 Å². The van der Waals surface area contributed by atoms with E-state index in [2.05, 4.69) is 65.6 Å². The van der Waals surface area contributed by atoms with Crippen LogP contribution < -0.4 is 15.5 Å².